The van der Waals surface area contributed by atoms with Crippen molar-refractivity contribution in [2.45, 2.75) is 18.3 Å². The van der Waals surface area contributed by atoms with Gasteiger partial charge in [0.1, 0.15) is 5.75 Å². The predicted molar refractivity (Wildman–Crippen MR) is 68.0 cm³/mol. The first-order valence-corrected chi connectivity index (χ1v) is 6.34. The molecule has 1 aliphatic rings. The third-order valence-corrected chi connectivity index (χ3v) is 3.88. The molecule has 1 heterocycles. The summed E-state index contributed by atoms with van der Waals surface area (Å²) in [5, 5.41) is 9.46. The first-order valence-electron chi connectivity index (χ1n) is 5.55. The van der Waals surface area contributed by atoms with Crippen LogP contribution in [0.4, 0.5) is 0 Å². The second-order valence-electron chi connectivity index (χ2n) is 4.16. The molecule has 1 aromatic carbocycles. The van der Waals surface area contributed by atoms with Gasteiger partial charge in [0.25, 0.3) is 0 Å². The monoisotopic (exact) mass is 295 g/mol. The van der Waals surface area contributed by atoms with Crippen LogP contribution < -0.4 is 4.74 Å². The number of rotatable bonds is 2. The van der Waals surface area contributed by atoms with Gasteiger partial charge in [-0.25, -0.2) is 0 Å². The highest BCUT2D eigenvalue weighted by Crippen LogP contribution is 2.37. The number of hydrogen-bond acceptors (Lipinski definition) is 3. The molecule has 1 aliphatic heterocycles. The number of methoxy groups -OCH3 is 1. The highest BCUT2D eigenvalue weighted by molar-refractivity contribution is 9.10. The number of nitrogens with zero attached hydrogens (tertiary/aromatic N) is 1. The standard InChI is InChI=1S/C13H14BrNO2/c1-16-12-3-2-10(8-11(12)14)13(9-15)4-6-17-7-5-13/h2-3,8H,4-7H2,1H3. The molecular weight excluding hydrogens is 282 g/mol. The van der Waals surface area contributed by atoms with Crippen molar-refractivity contribution in [3.05, 3.63) is 28.2 Å². The van der Waals surface area contributed by atoms with Crippen LogP contribution in [0.15, 0.2) is 22.7 Å². The van der Waals surface area contributed by atoms with E-state index in [0.29, 0.717) is 13.2 Å². The molecule has 0 radical (unpaired) electrons. The van der Waals surface area contributed by atoms with E-state index in [2.05, 4.69) is 22.0 Å². The minimum atomic E-state index is -0.410. The number of halogens is 1. The third kappa shape index (κ3) is 2.31. The molecule has 4 heteroatoms. The van der Waals surface area contributed by atoms with Crippen molar-refractivity contribution < 1.29 is 9.47 Å². The second kappa shape index (κ2) is 5.07. The van der Waals surface area contributed by atoms with Gasteiger partial charge in [0.15, 0.2) is 0 Å². The summed E-state index contributed by atoms with van der Waals surface area (Å²) < 4.78 is 11.4. The zero-order valence-corrected chi connectivity index (χ0v) is 11.3. The zero-order valence-electron chi connectivity index (χ0n) is 9.70. The first-order chi connectivity index (χ1) is 8.22. The Morgan fingerprint density at radius 1 is 1.41 bits per heavy atom. The number of hydrogen-bond donors (Lipinski definition) is 0. The summed E-state index contributed by atoms with van der Waals surface area (Å²) >= 11 is 3.46. The average molecular weight is 296 g/mol. The summed E-state index contributed by atoms with van der Waals surface area (Å²) in [4.78, 5) is 0. The number of benzene rings is 1. The summed E-state index contributed by atoms with van der Waals surface area (Å²) in [6.45, 7) is 1.30. The quantitative estimate of drug-likeness (QED) is 0.842. The Morgan fingerprint density at radius 2 is 2.12 bits per heavy atom. The predicted octanol–water partition coefficient (Wildman–Crippen LogP) is 3.03. The third-order valence-electron chi connectivity index (χ3n) is 3.26. The minimum Gasteiger partial charge on any atom is -0.496 e. The van der Waals surface area contributed by atoms with Gasteiger partial charge >= 0.3 is 0 Å². The summed E-state index contributed by atoms with van der Waals surface area (Å²) in [6.07, 6.45) is 1.50. The van der Waals surface area contributed by atoms with E-state index < -0.39 is 5.41 Å². The van der Waals surface area contributed by atoms with Crippen LogP contribution in [0.25, 0.3) is 0 Å². The van der Waals surface area contributed by atoms with Crippen molar-refractivity contribution in [3.63, 3.8) is 0 Å². The largest absolute Gasteiger partial charge is 0.496 e. The SMILES string of the molecule is COc1ccc(C2(C#N)CCOCC2)cc1Br. The molecule has 1 aromatic rings. The topological polar surface area (TPSA) is 42.2 Å². The van der Waals surface area contributed by atoms with Crippen molar-refractivity contribution in [2.75, 3.05) is 20.3 Å². The van der Waals surface area contributed by atoms with Gasteiger partial charge in [-0.3, -0.25) is 0 Å². The Bertz CT molecular complexity index is 447. The van der Waals surface area contributed by atoms with Crippen molar-refractivity contribution >= 4 is 15.9 Å². The first kappa shape index (κ1) is 12.4. The number of nitriles is 1. The van der Waals surface area contributed by atoms with Gasteiger partial charge in [0, 0.05) is 13.2 Å². The van der Waals surface area contributed by atoms with Gasteiger partial charge in [-0.1, -0.05) is 6.07 Å². The molecule has 17 heavy (non-hydrogen) atoms. The molecule has 2 rings (SSSR count). The van der Waals surface area contributed by atoms with Gasteiger partial charge < -0.3 is 9.47 Å². The van der Waals surface area contributed by atoms with Gasteiger partial charge in [-0.15, -0.1) is 0 Å². The fourth-order valence-corrected chi connectivity index (χ4v) is 2.69. The van der Waals surface area contributed by atoms with Crippen LogP contribution in [0, 0.1) is 11.3 Å². The number of ether oxygens (including phenoxy) is 2. The summed E-state index contributed by atoms with van der Waals surface area (Å²) in [7, 11) is 1.63. The van der Waals surface area contributed by atoms with Crippen molar-refractivity contribution in [2.24, 2.45) is 0 Å². The average Bonchev–Trinajstić information content (AvgIpc) is 2.39. The molecule has 0 unspecified atom stereocenters. The summed E-state index contributed by atoms with van der Waals surface area (Å²) in [5.74, 6) is 0.786. The summed E-state index contributed by atoms with van der Waals surface area (Å²) in [5.41, 5.74) is 0.628. The van der Waals surface area contributed by atoms with Crippen LogP contribution >= 0.6 is 15.9 Å². The maximum absolute atomic E-state index is 9.46. The fourth-order valence-electron chi connectivity index (χ4n) is 2.15. The molecule has 3 nitrogen and oxygen atoms in total. The molecule has 90 valence electrons. The van der Waals surface area contributed by atoms with Crippen molar-refractivity contribution in [1.29, 1.82) is 5.26 Å². The van der Waals surface area contributed by atoms with E-state index in [0.717, 1.165) is 28.6 Å². The maximum atomic E-state index is 9.46. The lowest BCUT2D eigenvalue weighted by molar-refractivity contribution is 0.0675. The van der Waals surface area contributed by atoms with Crippen LogP contribution in [0.1, 0.15) is 18.4 Å². The Hall–Kier alpha value is -1.05. The highest BCUT2D eigenvalue weighted by atomic mass is 79.9. The zero-order chi connectivity index (χ0) is 12.3. The molecule has 1 fully saturated rings. The molecule has 0 saturated carbocycles. The lowest BCUT2D eigenvalue weighted by Gasteiger charge is -2.31. The molecular formula is C13H14BrNO2. The molecule has 0 bridgehead atoms. The van der Waals surface area contributed by atoms with E-state index in [-0.39, 0.29) is 0 Å². The van der Waals surface area contributed by atoms with Gasteiger partial charge in [-0.2, -0.15) is 5.26 Å². The molecule has 0 aromatic heterocycles. The van der Waals surface area contributed by atoms with E-state index >= 15 is 0 Å². The Morgan fingerprint density at radius 3 is 2.65 bits per heavy atom. The van der Waals surface area contributed by atoms with Gasteiger partial charge in [-0.05, 0) is 46.5 Å². The van der Waals surface area contributed by atoms with Gasteiger partial charge in [0.05, 0.1) is 23.1 Å². The van der Waals surface area contributed by atoms with E-state index in [1.54, 1.807) is 7.11 Å². The van der Waals surface area contributed by atoms with E-state index in [1.165, 1.54) is 0 Å². The normalized spacial score (nSPS) is 18.4. The molecule has 0 atom stereocenters. The smallest absolute Gasteiger partial charge is 0.133 e. The highest BCUT2D eigenvalue weighted by Gasteiger charge is 2.34. The molecule has 0 aliphatic carbocycles. The molecule has 0 spiro atoms. The molecule has 0 amide bonds. The Kier molecular flexibility index (Phi) is 3.70. The van der Waals surface area contributed by atoms with Crippen molar-refractivity contribution in [3.8, 4) is 11.8 Å². The second-order valence-corrected chi connectivity index (χ2v) is 5.01. The maximum Gasteiger partial charge on any atom is 0.133 e. The fraction of sp³-hybridized carbons (Fsp3) is 0.462. The van der Waals surface area contributed by atoms with Crippen molar-refractivity contribution in [1.82, 2.24) is 0 Å². The molecule has 0 N–H and O–H groups in total. The Balaban J connectivity index is 2.38. The van der Waals surface area contributed by atoms with Crippen LogP contribution in [0.2, 0.25) is 0 Å². The van der Waals surface area contributed by atoms with Crippen LogP contribution in [0.5, 0.6) is 5.75 Å². The Labute approximate surface area is 109 Å². The lowest BCUT2D eigenvalue weighted by atomic mass is 9.75. The van der Waals surface area contributed by atoms with Crippen LogP contribution in [-0.2, 0) is 10.2 Å². The van der Waals surface area contributed by atoms with Crippen LogP contribution in [0.3, 0.4) is 0 Å². The van der Waals surface area contributed by atoms with E-state index in [4.69, 9.17) is 9.47 Å². The van der Waals surface area contributed by atoms with Crippen LogP contribution in [-0.4, -0.2) is 20.3 Å². The van der Waals surface area contributed by atoms with E-state index in [1.807, 2.05) is 18.2 Å². The minimum absolute atomic E-state index is 0.410. The van der Waals surface area contributed by atoms with Gasteiger partial charge in [0.2, 0.25) is 0 Å². The lowest BCUT2D eigenvalue weighted by Crippen LogP contribution is -2.32. The molecule has 1 saturated heterocycles. The summed E-state index contributed by atoms with van der Waals surface area (Å²) in [6, 6.07) is 8.30. The van der Waals surface area contributed by atoms with E-state index in [9.17, 15) is 5.26 Å².